The van der Waals surface area contributed by atoms with Gasteiger partial charge in [0.15, 0.2) is 0 Å². The normalized spacial score (nSPS) is 10.0. The third kappa shape index (κ3) is 2.52. The van der Waals surface area contributed by atoms with Crippen LogP contribution < -0.4 is 0 Å². The van der Waals surface area contributed by atoms with Crippen molar-refractivity contribution in [3.63, 3.8) is 0 Å². The molecule has 80 valence electrons. The number of rotatable bonds is 3. The predicted octanol–water partition coefficient (Wildman–Crippen LogP) is 1.84. The maximum absolute atomic E-state index is 10.6. The third-order valence-corrected chi connectivity index (χ3v) is 2.19. The number of hydrogen-bond donors (Lipinski definition) is 1. The van der Waals surface area contributed by atoms with Gasteiger partial charge < -0.3 is 5.11 Å². The smallest absolute Gasteiger partial charge is 0.307 e. The molecule has 5 nitrogen and oxygen atoms in total. The lowest BCUT2D eigenvalue weighted by molar-refractivity contribution is -0.385. The molecule has 0 aliphatic rings. The van der Waals surface area contributed by atoms with Crippen molar-refractivity contribution in [3.05, 3.63) is 38.9 Å². The summed E-state index contributed by atoms with van der Waals surface area (Å²) in [6, 6.07) is 2.97. The second-order valence-corrected chi connectivity index (χ2v) is 3.39. The zero-order valence-corrected chi connectivity index (χ0v) is 8.48. The molecular formula is C10H11NO4. The molecule has 0 atom stereocenters. The predicted molar refractivity (Wildman–Crippen MR) is 53.9 cm³/mol. The van der Waals surface area contributed by atoms with E-state index in [0.717, 1.165) is 5.56 Å². The molecule has 0 aliphatic heterocycles. The first-order valence-corrected chi connectivity index (χ1v) is 4.38. The van der Waals surface area contributed by atoms with Gasteiger partial charge in [-0.05, 0) is 31.0 Å². The average molecular weight is 209 g/mol. The molecule has 0 aromatic heterocycles. The van der Waals surface area contributed by atoms with Crippen molar-refractivity contribution in [1.82, 2.24) is 0 Å². The highest BCUT2D eigenvalue weighted by molar-refractivity contribution is 5.71. The summed E-state index contributed by atoms with van der Waals surface area (Å²) in [5, 5.41) is 19.2. The molecule has 0 amide bonds. The van der Waals surface area contributed by atoms with E-state index < -0.39 is 10.9 Å². The number of nitro groups is 1. The lowest BCUT2D eigenvalue weighted by atomic mass is 10.0. The first-order chi connectivity index (χ1) is 6.91. The second kappa shape index (κ2) is 4.08. The molecule has 1 N–H and O–H groups in total. The summed E-state index contributed by atoms with van der Waals surface area (Å²) in [4.78, 5) is 20.6. The number of carboxylic acids is 1. The molecule has 0 unspecified atom stereocenters. The van der Waals surface area contributed by atoms with Gasteiger partial charge in [0.2, 0.25) is 0 Å². The number of carbonyl (C=O) groups is 1. The summed E-state index contributed by atoms with van der Waals surface area (Å²) in [7, 11) is 0. The van der Waals surface area contributed by atoms with Crippen LogP contribution in [-0.2, 0) is 11.2 Å². The Bertz CT molecular complexity index is 426. The van der Waals surface area contributed by atoms with Crippen molar-refractivity contribution in [3.8, 4) is 0 Å². The average Bonchev–Trinajstić information content (AvgIpc) is 2.08. The highest BCUT2D eigenvalue weighted by Crippen LogP contribution is 2.22. The lowest BCUT2D eigenvalue weighted by Crippen LogP contribution is -2.04. The van der Waals surface area contributed by atoms with Gasteiger partial charge in [-0.3, -0.25) is 14.9 Å². The van der Waals surface area contributed by atoms with E-state index in [1.807, 2.05) is 0 Å². The van der Waals surface area contributed by atoms with Gasteiger partial charge in [-0.15, -0.1) is 0 Å². The monoisotopic (exact) mass is 209 g/mol. The van der Waals surface area contributed by atoms with Crippen molar-refractivity contribution < 1.29 is 14.8 Å². The highest BCUT2D eigenvalue weighted by atomic mass is 16.6. The minimum absolute atomic E-state index is 0.0307. The fourth-order valence-electron chi connectivity index (χ4n) is 1.43. The summed E-state index contributed by atoms with van der Waals surface area (Å²) in [6.07, 6.45) is -0.188. The Morgan fingerprint density at radius 1 is 1.40 bits per heavy atom. The Morgan fingerprint density at radius 2 is 2.00 bits per heavy atom. The van der Waals surface area contributed by atoms with Crippen molar-refractivity contribution in [1.29, 1.82) is 0 Å². The van der Waals surface area contributed by atoms with Crippen LogP contribution in [0, 0.1) is 24.0 Å². The number of benzene rings is 1. The summed E-state index contributed by atoms with van der Waals surface area (Å²) < 4.78 is 0. The van der Waals surface area contributed by atoms with Gasteiger partial charge in [0.05, 0.1) is 11.3 Å². The van der Waals surface area contributed by atoms with Crippen LogP contribution in [0.4, 0.5) is 5.69 Å². The van der Waals surface area contributed by atoms with Crippen LogP contribution in [0.3, 0.4) is 0 Å². The van der Waals surface area contributed by atoms with Gasteiger partial charge in [-0.1, -0.05) is 0 Å². The van der Waals surface area contributed by atoms with Gasteiger partial charge in [-0.25, -0.2) is 0 Å². The number of carboxylic acid groups (broad SMARTS) is 1. The van der Waals surface area contributed by atoms with Crippen LogP contribution in [0.15, 0.2) is 12.1 Å². The second-order valence-electron chi connectivity index (χ2n) is 3.39. The van der Waals surface area contributed by atoms with E-state index in [-0.39, 0.29) is 12.1 Å². The molecule has 1 aromatic rings. The fraction of sp³-hybridized carbons (Fsp3) is 0.300. The van der Waals surface area contributed by atoms with Crippen LogP contribution in [0.5, 0.6) is 0 Å². The molecule has 0 radical (unpaired) electrons. The van der Waals surface area contributed by atoms with Crippen LogP contribution in [0.25, 0.3) is 0 Å². The van der Waals surface area contributed by atoms with Gasteiger partial charge in [-0.2, -0.15) is 0 Å². The van der Waals surface area contributed by atoms with Gasteiger partial charge >= 0.3 is 5.97 Å². The zero-order valence-electron chi connectivity index (χ0n) is 8.48. The first kappa shape index (κ1) is 11.2. The van der Waals surface area contributed by atoms with E-state index in [1.54, 1.807) is 19.9 Å². The van der Waals surface area contributed by atoms with Gasteiger partial charge in [0, 0.05) is 11.6 Å². The minimum atomic E-state index is -0.990. The van der Waals surface area contributed by atoms with E-state index in [0.29, 0.717) is 11.1 Å². The summed E-state index contributed by atoms with van der Waals surface area (Å²) in [5.74, 6) is -0.990. The Balaban J connectivity index is 3.23. The molecule has 0 saturated heterocycles. The molecule has 0 fully saturated rings. The molecule has 0 heterocycles. The fourth-order valence-corrected chi connectivity index (χ4v) is 1.43. The first-order valence-electron chi connectivity index (χ1n) is 4.38. The molecule has 1 rings (SSSR count). The number of nitro benzene ring substituents is 1. The summed E-state index contributed by atoms with van der Waals surface area (Å²) >= 11 is 0. The number of aryl methyl sites for hydroxylation is 2. The Labute approximate surface area is 86.5 Å². The van der Waals surface area contributed by atoms with E-state index in [2.05, 4.69) is 0 Å². The highest BCUT2D eigenvalue weighted by Gasteiger charge is 2.14. The van der Waals surface area contributed by atoms with Crippen LogP contribution in [0.1, 0.15) is 16.7 Å². The van der Waals surface area contributed by atoms with Crippen molar-refractivity contribution in [2.24, 2.45) is 0 Å². The molecule has 0 bridgehead atoms. The SMILES string of the molecule is Cc1cc(C)c([N+](=O)[O-])cc1CC(=O)O. The molecule has 15 heavy (non-hydrogen) atoms. The summed E-state index contributed by atoms with van der Waals surface area (Å²) in [5.41, 5.74) is 1.77. The van der Waals surface area contributed by atoms with Crippen molar-refractivity contribution >= 4 is 11.7 Å². The largest absolute Gasteiger partial charge is 0.481 e. The van der Waals surface area contributed by atoms with Gasteiger partial charge in [0.25, 0.3) is 5.69 Å². The van der Waals surface area contributed by atoms with Crippen molar-refractivity contribution in [2.45, 2.75) is 20.3 Å². The Morgan fingerprint density at radius 3 is 2.47 bits per heavy atom. The molecule has 0 saturated carbocycles. The number of aliphatic carboxylic acids is 1. The van der Waals surface area contributed by atoms with E-state index in [1.165, 1.54) is 6.07 Å². The van der Waals surface area contributed by atoms with Crippen LogP contribution in [0.2, 0.25) is 0 Å². The third-order valence-electron chi connectivity index (χ3n) is 2.19. The Kier molecular flexibility index (Phi) is 3.04. The van der Waals surface area contributed by atoms with Gasteiger partial charge in [0.1, 0.15) is 0 Å². The Hall–Kier alpha value is -1.91. The molecule has 0 spiro atoms. The standard InChI is InChI=1S/C10H11NO4/c1-6-3-7(2)9(11(14)15)4-8(6)5-10(12)13/h3-4H,5H2,1-2H3,(H,12,13). The van der Waals surface area contributed by atoms with Crippen LogP contribution in [-0.4, -0.2) is 16.0 Å². The van der Waals surface area contributed by atoms with E-state index in [4.69, 9.17) is 5.11 Å². The molecular weight excluding hydrogens is 198 g/mol. The number of hydrogen-bond acceptors (Lipinski definition) is 3. The number of nitrogens with zero attached hydrogens (tertiary/aromatic N) is 1. The maximum Gasteiger partial charge on any atom is 0.307 e. The quantitative estimate of drug-likeness (QED) is 0.608. The lowest BCUT2D eigenvalue weighted by Gasteiger charge is -2.05. The topological polar surface area (TPSA) is 80.4 Å². The van der Waals surface area contributed by atoms with E-state index in [9.17, 15) is 14.9 Å². The minimum Gasteiger partial charge on any atom is -0.481 e. The van der Waals surface area contributed by atoms with Crippen LogP contribution >= 0.6 is 0 Å². The molecule has 1 aromatic carbocycles. The zero-order chi connectivity index (χ0) is 11.6. The van der Waals surface area contributed by atoms with Crippen molar-refractivity contribution in [2.75, 3.05) is 0 Å². The maximum atomic E-state index is 10.6. The molecule has 0 aliphatic carbocycles. The van der Waals surface area contributed by atoms with E-state index >= 15 is 0 Å². The summed E-state index contributed by atoms with van der Waals surface area (Å²) in [6.45, 7) is 3.38. The molecule has 5 heteroatoms.